The number of Topliss-reactive ketones (excluding diaryl/α,β-unsaturated/α-hetero) is 1. The number of hydrogen-bond donors (Lipinski definition) is 2. The van der Waals surface area contributed by atoms with Crippen LogP contribution in [0.4, 0.5) is 0 Å². The molecule has 3 atom stereocenters. The van der Waals surface area contributed by atoms with Crippen molar-refractivity contribution in [1.82, 2.24) is 29.1 Å². The van der Waals surface area contributed by atoms with Gasteiger partial charge in [-0.3, -0.25) is 24.2 Å². The number of furan rings is 1. The summed E-state index contributed by atoms with van der Waals surface area (Å²) in [4.78, 5) is 58.3. The highest BCUT2D eigenvalue weighted by Crippen LogP contribution is 2.23. The molecule has 0 spiro atoms. The summed E-state index contributed by atoms with van der Waals surface area (Å²) in [6.07, 6.45) is 2.44. The average Bonchev–Trinajstić information content (AvgIpc) is 3.43. The molecule has 3 aromatic rings. The predicted octanol–water partition coefficient (Wildman–Crippen LogP) is 2.21. The number of fused-ring (bicyclic) bond motifs is 1. The highest BCUT2D eigenvalue weighted by Gasteiger charge is 2.41. The molecule has 2 aliphatic rings. The molecule has 1 aromatic carbocycles. The van der Waals surface area contributed by atoms with Crippen LogP contribution in [0.15, 0.2) is 59.1 Å². The van der Waals surface area contributed by atoms with E-state index in [2.05, 4.69) is 15.6 Å². The number of para-hydroxylation sites is 1. The van der Waals surface area contributed by atoms with Crippen molar-refractivity contribution in [2.24, 2.45) is 5.92 Å². The summed E-state index contributed by atoms with van der Waals surface area (Å²) >= 11 is 0. The number of carbonyl (C=O) groups excluding carboxylic acids is 4. The third-order valence-electron chi connectivity index (χ3n) is 8.39. The van der Waals surface area contributed by atoms with Crippen molar-refractivity contribution in [3.05, 3.63) is 66.2 Å². The maximum atomic E-state index is 13.7. The maximum absolute atomic E-state index is 13.7. The van der Waals surface area contributed by atoms with E-state index in [-0.39, 0.29) is 50.2 Å². The Morgan fingerprint density at radius 1 is 1.02 bits per heavy atom. The largest absolute Gasteiger partial charge is 0.451 e. The van der Waals surface area contributed by atoms with Gasteiger partial charge in [0.1, 0.15) is 17.3 Å². The van der Waals surface area contributed by atoms with Gasteiger partial charge in [0.2, 0.25) is 5.91 Å². The van der Waals surface area contributed by atoms with Crippen molar-refractivity contribution in [1.29, 1.82) is 0 Å². The summed E-state index contributed by atoms with van der Waals surface area (Å²) < 4.78 is 35.6. The molecule has 2 N–H and O–H groups in total. The van der Waals surface area contributed by atoms with Gasteiger partial charge in [0.25, 0.3) is 22.0 Å². The zero-order valence-corrected chi connectivity index (χ0v) is 27.0. The molecule has 46 heavy (non-hydrogen) atoms. The van der Waals surface area contributed by atoms with Crippen LogP contribution in [0.2, 0.25) is 0 Å². The Kier molecular flexibility index (Phi) is 10.2. The second kappa shape index (κ2) is 14.1. The molecule has 13 nitrogen and oxygen atoms in total. The van der Waals surface area contributed by atoms with Gasteiger partial charge in [0.05, 0.1) is 12.6 Å². The lowest BCUT2D eigenvalue weighted by atomic mass is 10.0. The van der Waals surface area contributed by atoms with Crippen LogP contribution in [0.1, 0.15) is 61.1 Å². The minimum absolute atomic E-state index is 0.0527. The number of ketones is 1. The number of pyridine rings is 1. The standard InChI is InChI=1S/C32H40N6O7S/c1-21(2)18-26(35-31(41)29-19-23-8-4-5-10-28(23)45-29)30(40)34-24-12-11-22(3)38(20-27(24)39)46(43,44)37-16-14-36(15-17-37)32(42)25-9-6-7-13-33-25/h4-10,13,19,21-22,24,26H,11-12,14-18,20H2,1-3H3,(H,34,40)(H,35,41)/t22-,24+,26+/m1/s1. The van der Waals surface area contributed by atoms with Gasteiger partial charge in [-0.25, -0.2) is 0 Å². The van der Waals surface area contributed by atoms with Gasteiger partial charge in [0, 0.05) is 43.8 Å². The third kappa shape index (κ3) is 7.45. The number of amides is 3. The summed E-state index contributed by atoms with van der Waals surface area (Å²) in [6.45, 7) is 5.74. The Bertz CT molecular complexity index is 1650. The Hall–Kier alpha value is -4.14. The molecule has 5 rings (SSSR count). The molecular weight excluding hydrogens is 612 g/mol. The summed E-state index contributed by atoms with van der Waals surface area (Å²) in [7, 11) is -4.03. The molecule has 246 valence electrons. The highest BCUT2D eigenvalue weighted by molar-refractivity contribution is 7.86. The van der Waals surface area contributed by atoms with Crippen LogP contribution >= 0.6 is 0 Å². The lowest BCUT2D eigenvalue weighted by Crippen LogP contribution is -2.56. The normalized spacial score (nSPS) is 20.8. The van der Waals surface area contributed by atoms with Gasteiger partial charge in [-0.15, -0.1) is 0 Å². The van der Waals surface area contributed by atoms with E-state index in [0.29, 0.717) is 24.1 Å². The van der Waals surface area contributed by atoms with Crippen LogP contribution in [0.3, 0.4) is 0 Å². The fourth-order valence-corrected chi connectivity index (χ4v) is 7.59. The zero-order valence-electron chi connectivity index (χ0n) is 26.2. The second-order valence-electron chi connectivity index (χ2n) is 12.2. The van der Waals surface area contributed by atoms with E-state index in [1.807, 2.05) is 26.0 Å². The molecule has 2 aliphatic heterocycles. The fraction of sp³-hybridized carbons (Fsp3) is 0.469. The highest BCUT2D eigenvalue weighted by atomic mass is 32.2. The van der Waals surface area contributed by atoms with Gasteiger partial charge in [-0.1, -0.05) is 38.1 Å². The molecule has 4 heterocycles. The summed E-state index contributed by atoms with van der Waals surface area (Å²) in [5.41, 5.74) is 0.846. The smallest absolute Gasteiger partial charge is 0.287 e. The van der Waals surface area contributed by atoms with Crippen molar-refractivity contribution in [3.8, 4) is 0 Å². The van der Waals surface area contributed by atoms with E-state index < -0.39 is 52.5 Å². The van der Waals surface area contributed by atoms with Crippen molar-refractivity contribution in [3.63, 3.8) is 0 Å². The summed E-state index contributed by atoms with van der Waals surface area (Å²) in [5.74, 6) is -1.64. The topological polar surface area (TPSA) is 162 Å². The molecule has 2 aromatic heterocycles. The molecule has 14 heteroatoms. The lowest BCUT2D eigenvalue weighted by molar-refractivity contribution is -0.129. The van der Waals surface area contributed by atoms with E-state index in [4.69, 9.17) is 4.42 Å². The summed E-state index contributed by atoms with van der Waals surface area (Å²) in [5, 5.41) is 6.29. The number of aromatic nitrogens is 1. The molecular formula is C32H40N6O7S. The van der Waals surface area contributed by atoms with Crippen molar-refractivity contribution in [2.75, 3.05) is 32.7 Å². The minimum Gasteiger partial charge on any atom is -0.451 e. The van der Waals surface area contributed by atoms with Crippen molar-refractivity contribution in [2.45, 2.75) is 58.2 Å². The summed E-state index contributed by atoms with van der Waals surface area (Å²) in [6, 6.07) is 11.5. The average molecular weight is 653 g/mol. The van der Waals surface area contributed by atoms with Crippen molar-refractivity contribution >= 4 is 44.7 Å². The van der Waals surface area contributed by atoms with Gasteiger partial charge < -0.3 is 20.0 Å². The van der Waals surface area contributed by atoms with Crippen LogP contribution in [0, 0.1) is 5.92 Å². The van der Waals surface area contributed by atoms with Crippen molar-refractivity contribution < 1.29 is 32.0 Å². The Balaban J connectivity index is 1.21. The van der Waals surface area contributed by atoms with E-state index in [1.165, 1.54) is 14.8 Å². The molecule has 0 aliphatic carbocycles. The Morgan fingerprint density at radius 2 is 1.74 bits per heavy atom. The molecule has 0 radical (unpaired) electrons. The Morgan fingerprint density at radius 3 is 2.41 bits per heavy atom. The number of piperazine rings is 1. The zero-order chi connectivity index (χ0) is 33.0. The van der Waals surface area contributed by atoms with Crippen LogP contribution in [-0.2, 0) is 19.8 Å². The molecule has 3 amide bonds. The first kappa shape index (κ1) is 33.2. The first-order valence-electron chi connectivity index (χ1n) is 15.5. The van der Waals surface area contributed by atoms with Gasteiger partial charge in [-0.2, -0.15) is 17.0 Å². The van der Waals surface area contributed by atoms with Crippen LogP contribution < -0.4 is 10.6 Å². The van der Waals surface area contributed by atoms with Crippen LogP contribution in [0.5, 0.6) is 0 Å². The SMILES string of the molecule is CC(C)C[C@H](NC(=O)c1cc2ccccc2o1)C(=O)N[C@H]1CC[C@@H](C)N(S(=O)(=O)N2CCN(C(=O)c3ccccn3)CC2)CC1=O. The number of rotatable bonds is 9. The number of nitrogens with zero attached hydrogens (tertiary/aromatic N) is 4. The van der Waals surface area contributed by atoms with Crippen LogP contribution in [0.25, 0.3) is 11.0 Å². The van der Waals surface area contributed by atoms with Gasteiger partial charge in [-0.05, 0) is 56.4 Å². The van der Waals surface area contributed by atoms with Crippen LogP contribution in [-0.4, -0.2) is 101 Å². The maximum Gasteiger partial charge on any atom is 0.287 e. The van der Waals surface area contributed by atoms with Gasteiger partial charge in [0.15, 0.2) is 11.5 Å². The number of hydrogen-bond acceptors (Lipinski definition) is 8. The molecule has 2 fully saturated rings. The number of nitrogens with one attached hydrogen (secondary N) is 2. The minimum atomic E-state index is -4.03. The second-order valence-corrected chi connectivity index (χ2v) is 14.1. The molecule has 0 unspecified atom stereocenters. The van der Waals surface area contributed by atoms with E-state index in [0.717, 1.165) is 5.39 Å². The quantitative estimate of drug-likeness (QED) is 0.356. The first-order valence-corrected chi connectivity index (χ1v) is 16.9. The van der Waals surface area contributed by atoms with E-state index in [9.17, 15) is 27.6 Å². The third-order valence-corrected chi connectivity index (χ3v) is 10.5. The molecule has 0 bridgehead atoms. The fourth-order valence-electron chi connectivity index (χ4n) is 5.81. The molecule has 0 saturated carbocycles. The Labute approximate surface area is 268 Å². The predicted molar refractivity (Wildman–Crippen MR) is 170 cm³/mol. The number of benzene rings is 1. The monoisotopic (exact) mass is 652 g/mol. The first-order chi connectivity index (χ1) is 21.9. The molecule has 2 saturated heterocycles. The number of carbonyl (C=O) groups is 4. The lowest BCUT2D eigenvalue weighted by Gasteiger charge is -2.37. The van der Waals surface area contributed by atoms with E-state index in [1.54, 1.807) is 48.2 Å². The van der Waals surface area contributed by atoms with E-state index >= 15 is 0 Å². The van der Waals surface area contributed by atoms with Gasteiger partial charge >= 0.3 is 0 Å².